The van der Waals surface area contributed by atoms with Gasteiger partial charge in [-0.25, -0.2) is 0 Å². The van der Waals surface area contributed by atoms with Crippen LogP contribution in [0.5, 0.6) is 0 Å². The van der Waals surface area contributed by atoms with Crippen molar-refractivity contribution >= 4 is 11.8 Å². The lowest BCUT2D eigenvalue weighted by Gasteiger charge is -2.16. The third-order valence-corrected chi connectivity index (χ3v) is 4.92. The van der Waals surface area contributed by atoms with Crippen molar-refractivity contribution < 1.29 is 23.8 Å². The van der Waals surface area contributed by atoms with Gasteiger partial charge in [0.1, 0.15) is 12.7 Å². The third kappa shape index (κ3) is 14.3. The summed E-state index contributed by atoms with van der Waals surface area (Å²) in [4.78, 5) is 23.5. The number of ketones is 1. The van der Waals surface area contributed by atoms with Crippen LogP contribution in [0.3, 0.4) is 0 Å². The van der Waals surface area contributed by atoms with Crippen LogP contribution in [0.2, 0.25) is 0 Å². The largest absolute Gasteiger partial charge is 0.463 e. The number of Topliss-reactive ketones (excluding diaryl/α,β-unsaturated/α-hetero) is 1. The first-order chi connectivity index (χ1) is 13.9. The molecule has 0 saturated carbocycles. The Hall–Kier alpha value is -1.38. The molecule has 1 atom stereocenters. The van der Waals surface area contributed by atoms with E-state index >= 15 is 0 Å². The Balaban J connectivity index is 1.90. The van der Waals surface area contributed by atoms with Gasteiger partial charge in [0.15, 0.2) is 5.79 Å². The van der Waals surface area contributed by atoms with E-state index in [2.05, 4.69) is 18.8 Å². The standard InChI is InChI=1S/C24H40O5/c1-4-5-6-7-8-10-13-16-21(25)17-14-11-9-12-15-18-23(26)27-19-22-20-28-24(2,3)29-22/h22H,4-12,14-15,17-20H2,1-3H3/t22-/m1/s1. The second-order valence-corrected chi connectivity index (χ2v) is 8.29. The van der Waals surface area contributed by atoms with Gasteiger partial charge in [-0.1, -0.05) is 57.8 Å². The van der Waals surface area contributed by atoms with Gasteiger partial charge in [-0.2, -0.15) is 0 Å². The molecule has 1 fully saturated rings. The number of carbonyl (C=O) groups excluding carboxylic acids is 2. The average molecular weight is 409 g/mol. The van der Waals surface area contributed by atoms with Gasteiger partial charge in [0.25, 0.3) is 0 Å². The van der Waals surface area contributed by atoms with Gasteiger partial charge in [0.05, 0.1) is 6.61 Å². The van der Waals surface area contributed by atoms with Crippen LogP contribution < -0.4 is 0 Å². The van der Waals surface area contributed by atoms with Crippen molar-refractivity contribution in [1.82, 2.24) is 0 Å². The smallest absolute Gasteiger partial charge is 0.305 e. The predicted molar refractivity (Wildman–Crippen MR) is 114 cm³/mol. The minimum absolute atomic E-state index is 0.0587. The molecule has 0 aliphatic carbocycles. The number of unbranched alkanes of at least 4 members (excludes halogenated alkanes) is 9. The Labute approximate surface area is 177 Å². The van der Waals surface area contributed by atoms with E-state index in [1.54, 1.807) is 0 Å². The zero-order valence-electron chi connectivity index (χ0n) is 18.7. The molecule has 1 saturated heterocycles. The van der Waals surface area contributed by atoms with Crippen molar-refractivity contribution in [2.75, 3.05) is 13.2 Å². The second kappa shape index (κ2) is 15.5. The maximum atomic E-state index is 11.8. The molecule has 0 unspecified atom stereocenters. The number of rotatable bonds is 15. The first-order valence-electron chi connectivity index (χ1n) is 11.4. The van der Waals surface area contributed by atoms with Gasteiger partial charge >= 0.3 is 5.97 Å². The molecule has 0 N–H and O–H groups in total. The Morgan fingerprint density at radius 2 is 1.62 bits per heavy atom. The molecule has 0 spiro atoms. The number of carbonyl (C=O) groups is 2. The summed E-state index contributed by atoms with van der Waals surface area (Å²) in [6.07, 6.45) is 12.5. The molecule has 166 valence electrons. The Bertz CT molecular complexity index is 529. The van der Waals surface area contributed by atoms with Crippen LogP contribution in [-0.4, -0.2) is 36.9 Å². The fraction of sp³-hybridized carbons (Fsp3) is 0.833. The van der Waals surface area contributed by atoms with E-state index in [1.807, 2.05) is 13.8 Å². The summed E-state index contributed by atoms with van der Waals surface area (Å²) in [7, 11) is 0. The molecule has 0 amide bonds. The molecule has 0 radical (unpaired) electrons. The lowest BCUT2D eigenvalue weighted by molar-refractivity contribution is -0.158. The Morgan fingerprint density at radius 3 is 2.31 bits per heavy atom. The van der Waals surface area contributed by atoms with E-state index in [9.17, 15) is 9.59 Å². The SMILES string of the molecule is CCCCCCCC#CC(=O)CCCCCCCC(=O)OC[C@@H]1COC(C)(C)O1. The quantitative estimate of drug-likeness (QED) is 0.158. The summed E-state index contributed by atoms with van der Waals surface area (Å²) in [6.45, 7) is 6.62. The van der Waals surface area contributed by atoms with Gasteiger partial charge in [-0.3, -0.25) is 9.59 Å². The van der Waals surface area contributed by atoms with E-state index in [0.717, 1.165) is 44.9 Å². The van der Waals surface area contributed by atoms with Crippen molar-refractivity contribution in [2.45, 2.75) is 116 Å². The van der Waals surface area contributed by atoms with Crippen molar-refractivity contribution in [1.29, 1.82) is 0 Å². The average Bonchev–Trinajstić information content (AvgIpc) is 3.03. The van der Waals surface area contributed by atoms with Gasteiger partial charge in [0.2, 0.25) is 5.78 Å². The molecule has 1 heterocycles. The van der Waals surface area contributed by atoms with Gasteiger partial charge in [-0.15, -0.1) is 0 Å². The summed E-state index contributed by atoms with van der Waals surface area (Å²) in [5.74, 6) is 5.06. The number of hydrogen-bond acceptors (Lipinski definition) is 5. The molecule has 5 heteroatoms. The second-order valence-electron chi connectivity index (χ2n) is 8.29. The third-order valence-electron chi connectivity index (χ3n) is 4.92. The van der Waals surface area contributed by atoms with Crippen molar-refractivity contribution in [3.63, 3.8) is 0 Å². The normalized spacial score (nSPS) is 17.6. The molecular weight excluding hydrogens is 368 g/mol. The van der Waals surface area contributed by atoms with Crippen LogP contribution in [0.25, 0.3) is 0 Å². The topological polar surface area (TPSA) is 61.8 Å². The Morgan fingerprint density at radius 1 is 0.966 bits per heavy atom. The number of ether oxygens (including phenoxy) is 3. The predicted octanol–water partition coefficient (Wildman–Crippen LogP) is 5.34. The lowest BCUT2D eigenvalue weighted by Crippen LogP contribution is -2.25. The summed E-state index contributed by atoms with van der Waals surface area (Å²) < 4.78 is 16.3. The van der Waals surface area contributed by atoms with Crippen LogP contribution in [-0.2, 0) is 23.8 Å². The molecule has 1 aliphatic rings. The molecule has 0 bridgehead atoms. The van der Waals surface area contributed by atoms with Crippen molar-refractivity contribution in [3.8, 4) is 11.8 Å². The molecule has 1 aliphatic heterocycles. The molecular formula is C24H40O5. The monoisotopic (exact) mass is 408 g/mol. The fourth-order valence-electron chi connectivity index (χ4n) is 3.23. The summed E-state index contributed by atoms with van der Waals surface area (Å²) in [5, 5.41) is 0. The molecule has 0 aromatic heterocycles. The summed E-state index contributed by atoms with van der Waals surface area (Å²) in [5.41, 5.74) is 0. The van der Waals surface area contributed by atoms with Crippen LogP contribution in [0.4, 0.5) is 0 Å². The summed E-state index contributed by atoms with van der Waals surface area (Å²) >= 11 is 0. The molecule has 29 heavy (non-hydrogen) atoms. The number of esters is 1. The van der Waals surface area contributed by atoms with E-state index in [0.29, 0.717) is 19.4 Å². The van der Waals surface area contributed by atoms with Gasteiger partial charge < -0.3 is 14.2 Å². The fourth-order valence-corrected chi connectivity index (χ4v) is 3.23. The highest BCUT2D eigenvalue weighted by Gasteiger charge is 2.33. The first-order valence-corrected chi connectivity index (χ1v) is 11.4. The number of hydrogen-bond donors (Lipinski definition) is 0. The van der Waals surface area contributed by atoms with Crippen molar-refractivity contribution in [3.05, 3.63) is 0 Å². The minimum Gasteiger partial charge on any atom is -0.463 e. The maximum absolute atomic E-state index is 11.8. The lowest BCUT2D eigenvalue weighted by atomic mass is 10.1. The van der Waals surface area contributed by atoms with Crippen LogP contribution in [0.1, 0.15) is 104 Å². The van der Waals surface area contributed by atoms with Crippen LogP contribution in [0, 0.1) is 11.8 Å². The first kappa shape index (κ1) is 25.7. The minimum atomic E-state index is -0.585. The van der Waals surface area contributed by atoms with E-state index < -0.39 is 5.79 Å². The van der Waals surface area contributed by atoms with Crippen molar-refractivity contribution in [2.24, 2.45) is 0 Å². The van der Waals surface area contributed by atoms with Crippen LogP contribution >= 0.6 is 0 Å². The highest BCUT2D eigenvalue weighted by molar-refractivity contribution is 5.95. The maximum Gasteiger partial charge on any atom is 0.305 e. The molecule has 5 nitrogen and oxygen atoms in total. The van der Waals surface area contributed by atoms with Gasteiger partial charge in [0, 0.05) is 19.3 Å². The highest BCUT2D eigenvalue weighted by atomic mass is 16.7. The van der Waals surface area contributed by atoms with Gasteiger partial charge in [-0.05, 0) is 39.0 Å². The summed E-state index contributed by atoms with van der Waals surface area (Å²) in [6, 6.07) is 0. The molecule has 1 rings (SSSR count). The van der Waals surface area contributed by atoms with E-state index in [1.165, 1.54) is 25.7 Å². The van der Waals surface area contributed by atoms with E-state index in [-0.39, 0.29) is 24.5 Å². The highest BCUT2D eigenvalue weighted by Crippen LogP contribution is 2.22. The van der Waals surface area contributed by atoms with E-state index in [4.69, 9.17) is 14.2 Å². The Kier molecular flexibility index (Phi) is 13.7. The zero-order chi connectivity index (χ0) is 21.4. The molecule has 0 aromatic rings. The van der Waals surface area contributed by atoms with Crippen LogP contribution in [0.15, 0.2) is 0 Å². The zero-order valence-corrected chi connectivity index (χ0v) is 18.7. The molecule has 0 aromatic carbocycles.